The van der Waals surface area contributed by atoms with Gasteiger partial charge in [-0.1, -0.05) is 91.0 Å². The molecule has 0 spiro atoms. The lowest BCUT2D eigenvalue weighted by atomic mass is 10.1. The first-order valence-corrected chi connectivity index (χ1v) is 16.0. The van der Waals surface area contributed by atoms with E-state index in [1.165, 1.54) is 21.8 Å². The number of fused-ring (bicyclic) bond motifs is 9. The van der Waals surface area contributed by atoms with Crippen molar-refractivity contribution in [2.45, 2.75) is 0 Å². The monoisotopic (exact) mass is 613 g/mol. The molecule has 48 heavy (non-hydrogen) atoms. The molecule has 0 aliphatic heterocycles. The molecular weight excluding hydrogens is 590 g/mol. The Morgan fingerprint density at radius 1 is 0.417 bits per heavy atom. The summed E-state index contributed by atoms with van der Waals surface area (Å²) in [7, 11) is 0. The number of hydrogen-bond donors (Lipinski definition) is 0. The summed E-state index contributed by atoms with van der Waals surface area (Å²) in [5.41, 5.74) is 11.4. The molecular formula is C42H23N5O. The Hall–Kier alpha value is -6.66. The van der Waals surface area contributed by atoms with Gasteiger partial charge >= 0.3 is 0 Å². The van der Waals surface area contributed by atoms with E-state index in [9.17, 15) is 0 Å². The maximum absolute atomic E-state index is 6.20. The zero-order valence-electron chi connectivity index (χ0n) is 25.4. The van der Waals surface area contributed by atoms with Crippen molar-refractivity contribution in [2.24, 2.45) is 0 Å². The zero-order chi connectivity index (χ0) is 31.3. The molecule has 0 N–H and O–H groups in total. The summed E-state index contributed by atoms with van der Waals surface area (Å²) >= 11 is 0. The maximum Gasteiger partial charge on any atom is 0.168 e. The van der Waals surface area contributed by atoms with Crippen molar-refractivity contribution in [1.82, 2.24) is 24.5 Å². The number of hydrogen-bond acceptors (Lipinski definition) is 5. The highest BCUT2D eigenvalue weighted by Gasteiger charge is 2.28. The summed E-state index contributed by atoms with van der Waals surface area (Å²) in [6.07, 6.45) is 0. The molecule has 0 saturated carbocycles. The van der Waals surface area contributed by atoms with Gasteiger partial charge in [-0.25, -0.2) is 19.9 Å². The van der Waals surface area contributed by atoms with Crippen LogP contribution in [0.4, 0.5) is 0 Å². The van der Waals surface area contributed by atoms with Crippen LogP contribution >= 0.6 is 0 Å². The Morgan fingerprint density at radius 3 is 1.71 bits per heavy atom. The standard InChI is InChI=1S/C42H23N5O/c1-2-13-29-28(12-1)38-37-39(29)44-41(31-15-9-19-35-36(31)30-14-5-8-18-34(30)48-35)46-42(37)45-40(43-38)24-20-22-25(23-21-24)47-32-16-6-3-10-26(32)27-11-4-7-17-33(27)47/h1-23H. The fourth-order valence-electron chi connectivity index (χ4n) is 7.49. The highest BCUT2D eigenvalue weighted by Crippen LogP contribution is 2.46. The number of nitrogens with zero attached hydrogens (tertiary/aromatic N) is 5. The van der Waals surface area contributed by atoms with Gasteiger partial charge in [0.25, 0.3) is 0 Å². The minimum absolute atomic E-state index is 0.615. The molecule has 4 heterocycles. The first-order valence-electron chi connectivity index (χ1n) is 16.0. The van der Waals surface area contributed by atoms with E-state index in [-0.39, 0.29) is 0 Å². The summed E-state index contributed by atoms with van der Waals surface area (Å²) < 4.78 is 8.52. The van der Waals surface area contributed by atoms with Crippen molar-refractivity contribution in [1.29, 1.82) is 0 Å². The smallest absolute Gasteiger partial charge is 0.168 e. The minimum Gasteiger partial charge on any atom is -0.456 e. The summed E-state index contributed by atoms with van der Waals surface area (Å²) in [6.45, 7) is 0. The van der Waals surface area contributed by atoms with Crippen molar-refractivity contribution < 1.29 is 4.42 Å². The predicted octanol–water partition coefficient (Wildman–Crippen LogP) is 10.4. The molecule has 6 aromatic carbocycles. The van der Waals surface area contributed by atoms with Crippen LogP contribution in [0.3, 0.4) is 0 Å². The fraction of sp³-hybridized carbons (Fsp3) is 0. The molecule has 10 aromatic rings. The minimum atomic E-state index is 0.615. The molecule has 6 nitrogen and oxygen atoms in total. The van der Waals surface area contributed by atoms with Gasteiger partial charge < -0.3 is 8.98 Å². The first kappa shape index (κ1) is 25.5. The average molecular weight is 614 g/mol. The van der Waals surface area contributed by atoms with Crippen LogP contribution in [0.2, 0.25) is 0 Å². The third kappa shape index (κ3) is 3.46. The van der Waals surface area contributed by atoms with Crippen molar-refractivity contribution >= 4 is 54.8 Å². The zero-order valence-corrected chi connectivity index (χ0v) is 25.4. The summed E-state index contributed by atoms with van der Waals surface area (Å²) in [5.74, 6) is 1.24. The second-order valence-corrected chi connectivity index (χ2v) is 12.2. The van der Waals surface area contributed by atoms with Crippen molar-refractivity contribution in [3.05, 3.63) is 140 Å². The fourth-order valence-corrected chi connectivity index (χ4v) is 7.49. The quantitative estimate of drug-likeness (QED) is 0.198. The van der Waals surface area contributed by atoms with Crippen molar-refractivity contribution in [3.63, 3.8) is 0 Å². The highest BCUT2D eigenvalue weighted by molar-refractivity contribution is 6.14. The van der Waals surface area contributed by atoms with E-state index in [4.69, 9.17) is 24.4 Å². The van der Waals surface area contributed by atoms with Crippen LogP contribution < -0.4 is 0 Å². The lowest BCUT2D eigenvalue weighted by Gasteiger charge is -2.10. The van der Waals surface area contributed by atoms with Gasteiger partial charge in [-0.05, 0) is 48.5 Å². The van der Waals surface area contributed by atoms with Gasteiger partial charge in [0.2, 0.25) is 0 Å². The molecule has 0 atom stereocenters. The van der Waals surface area contributed by atoms with Gasteiger partial charge in [0.05, 0.1) is 27.8 Å². The molecule has 0 unspecified atom stereocenters. The van der Waals surface area contributed by atoms with Crippen molar-refractivity contribution in [2.75, 3.05) is 0 Å². The lowest BCUT2D eigenvalue weighted by molar-refractivity contribution is 0.669. The number of rotatable bonds is 3. The van der Waals surface area contributed by atoms with Crippen LogP contribution in [0, 0.1) is 0 Å². The Kier molecular flexibility index (Phi) is 5.02. The van der Waals surface area contributed by atoms with Gasteiger partial charge in [-0.3, -0.25) is 0 Å². The molecule has 0 bridgehead atoms. The van der Waals surface area contributed by atoms with E-state index in [2.05, 4.69) is 102 Å². The van der Waals surface area contributed by atoms with Crippen LogP contribution in [0.15, 0.2) is 144 Å². The van der Waals surface area contributed by atoms with Gasteiger partial charge in [-0.15, -0.1) is 0 Å². The van der Waals surface area contributed by atoms with Gasteiger partial charge in [-0.2, -0.15) is 0 Å². The number of para-hydroxylation sites is 3. The Labute approximate surface area is 273 Å². The van der Waals surface area contributed by atoms with Crippen LogP contribution in [-0.2, 0) is 0 Å². The average Bonchev–Trinajstić information content (AvgIpc) is 3.80. The lowest BCUT2D eigenvalue weighted by Crippen LogP contribution is -1.99. The molecule has 0 fully saturated rings. The Bertz CT molecular complexity index is 2900. The van der Waals surface area contributed by atoms with E-state index in [0.717, 1.165) is 66.7 Å². The number of benzene rings is 6. The molecule has 6 heteroatoms. The summed E-state index contributed by atoms with van der Waals surface area (Å²) in [5, 5.41) is 5.40. The third-order valence-electron chi connectivity index (χ3n) is 9.60. The highest BCUT2D eigenvalue weighted by atomic mass is 16.3. The van der Waals surface area contributed by atoms with E-state index >= 15 is 0 Å². The summed E-state index contributed by atoms with van der Waals surface area (Å²) in [6, 6.07) is 48.1. The summed E-state index contributed by atoms with van der Waals surface area (Å²) in [4.78, 5) is 20.6. The normalized spacial score (nSPS) is 12.2. The maximum atomic E-state index is 6.20. The first-order chi connectivity index (χ1) is 23.8. The topological polar surface area (TPSA) is 69.6 Å². The van der Waals surface area contributed by atoms with E-state index in [1.54, 1.807) is 0 Å². The second kappa shape index (κ2) is 9.44. The van der Waals surface area contributed by atoms with Crippen molar-refractivity contribution in [3.8, 4) is 51.0 Å². The molecule has 0 radical (unpaired) electrons. The number of furan rings is 1. The van der Waals surface area contributed by atoms with Crippen LogP contribution in [0.1, 0.15) is 0 Å². The second-order valence-electron chi connectivity index (χ2n) is 12.2. The van der Waals surface area contributed by atoms with E-state index in [1.807, 2.05) is 42.5 Å². The van der Waals surface area contributed by atoms with Gasteiger partial charge in [0, 0.05) is 49.5 Å². The van der Waals surface area contributed by atoms with Crippen LogP contribution in [0.5, 0.6) is 0 Å². The predicted molar refractivity (Wildman–Crippen MR) is 192 cm³/mol. The molecule has 1 aliphatic carbocycles. The number of aromatic nitrogens is 5. The molecule has 11 rings (SSSR count). The molecule has 222 valence electrons. The Balaban J connectivity index is 1.11. The van der Waals surface area contributed by atoms with Crippen LogP contribution in [-0.4, -0.2) is 24.5 Å². The van der Waals surface area contributed by atoms with Crippen LogP contribution in [0.25, 0.3) is 106 Å². The molecule has 4 aromatic heterocycles. The SMILES string of the molecule is c1ccc2c(c1)-c1nc(-c3ccc(-n4c5ccccc5c5ccccc54)cc3)nc3nc(-c4cccc5oc6ccccc6c45)nc-2c13. The van der Waals surface area contributed by atoms with E-state index in [0.29, 0.717) is 17.3 Å². The molecule has 1 aliphatic rings. The molecule has 0 amide bonds. The molecule has 0 saturated heterocycles. The Morgan fingerprint density at radius 2 is 0.979 bits per heavy atom. The van der Waals surface area contributed by atoms with Gasteiger partial charge in [0.1, 0.15) is 11.2 Å². The van der Waals surface area contributed by atoms with E-state index < -0.39 is 0 Å². The van der Waals surface area contributed by atoms with Gasteiger partial charge in [0.15, 0.2) is 17.3 Å². The third-order valence-corrected chi connectivity index (χ3v) is 9.60. The largest absolute Gasteiger partial charge is 0.456 e.